The Morgan fingerprint density at radius 2 is 1.94 bits per heavy atom. The first kappa shape index (κ1) is 9.96. The summed E-state index contributed by atoms with van der Waals surface area (Å²) in [5.74, 6) is 1.66. The number of aliphatic imine (C=N–C) groups is 1. The van der Waals surface area contributed by atoms with Crippen LogP contribution in [0.2, 0.25) is 0 Å². The molecule has 0 bridgehead atoms. The number of aromatic nitrogens is 2. The molecule has 0 saturated carbocycles. The van der Waals surface area contributed by atoms with E-state index in [1.807, 2.05) is 47.6 Å². The van der Waals surface area contributed by atoms with Gasteiger partial charge in [0.05, 0.1) is 12.9 Å². The molecule has 4 heteroatoms. The van der Waals surface area contributed by atoms with Gasteiger partial charge in [-0.3, -0.25) is 4.99 Å². The predicted octanol–water partition coefficient (Wildman–Crippen LogP) is 1.99. The molecule has 0 aliphatic carbocycles. The first-order valence-electron chi connectivity index (χ1n) is 5.58. The van der Waals surface area contributed by atoms with Crippen LogP contribution in [0.5, 0.6) is 0 Å². The molecule has 0 fully saturated rings. The minimum absolute atomic E-state index is 0.753. The normalized spacial score (nSPS) is 14.2. The molecule has 4 nitrogen and oxygen atoms in total. The number of hydrogen-bond acceptors (Lipinski definition) is 4. The summed E-state index contributed by atoms with van der Waals surface area (Å²) in [4.78, 5) is 15.1. The summed E-state index contributed by atoms with van der Waals surface area (Å²) >= 11 is 0. The van der Waals surface area contributed by atoms with Crippen LogP contribution >= 0.6 is 0 Å². The molecule has 84 valence electrons. The topological polar surface area (TPSA) is 41.4 Å². The van der Waals surface area contributed by atoms with Gasteiger partial charge in [0.25, 0.3) is 0 Å². The fourth-order valence-corrected chi connectivity index (χ4v) is 1.79. The van der Waals surface area contributed by atoms with Crippen LogP contribution in [0.1, 0.15) is 0 Å². The molecule has 0 unspecified atom stereocenters. The minimum Gasteiger partial charge on any atom is -0.315 e. The van der Waals surface area contributed by atoms with Crippen LogP contribution in [0.4, 0.5) is 5.82 Å². The SMILES string of the molecule is C1=NCCN1c1ccnc(-c2ccccc2)n1. The molecule has 0 N–H and O–H groups in total. The third kappa shape index (κ3) is 2.01. The average molecular weight is 224 g/mol. The zero-order valence-electron chi connectivity index (χ0n) is 9.32. The smallest absolute Gasteiger partial charge is 0.161 e. The Hall–Kier alpha value is -2.23. The second kappa shape index (κ2) is 4.33. The van der Waals surface area contributed by atoms with Gasteiger partial charge in [-0.05, 0) is 6.07 Å². The van der Waals surface area contributed by atoms with Gasteiger partial charge in [0.15, 0.2) is 5.82 Å². The maximum atomic E-state index is 4.55. The van der Waals surface area contributed by atoms with Crippen molar-refractivity contribution >= 4 is 12.2 Å². The summed E-state index contributed by atoms with van der Waals surface area (Å²) in [7, 11) is 0. The second-order valence-corrected chi connectivity index (χ2v) is 3.82. The van der Waals surface area contributed by atoms with E-state index in [2.05, 4.69) is 15.0 Å². The van der Waals surface area contributed by atoms with Gasteiger partial charge in [0.1, 0.15) is 5.82 Å². The molecule has 0 atom stereocenters. The standard InChI is InChI=1S/C13H12N4/c1-2-4-11(5-3-1)13-15-7-6-12(16-13)17-9-8-14-10-17/h1-7,10H,8-9H2. The largest absolute Gasteiger partial charge is 0.315 e. The van der Waals surface area contributed by atoms with Gasteiger partial charge in [-0.2, -0.15) is 0 Å². The summed E-state index contributed by atoms with van der Waals surface area (Å²) in [6.07, 6.45) is 3.62. The van der Waals surface area contributed by atoms with Crippen molar-refractivity contribution in [3.8, 4) is 11.4 Å². The lowest BCUT2D eigenvalue weighted by atomic mass is 10.2. The third-order valence-corrected chi connectivity index (χ3v) is 2.66. The fraction of sp³-hybridized carbons (Fsp3) is 0.154. The van der Waals surface area contributed by atoms with Crippen LogP contribution in [-0.2, 0) is 0 Å². The molecular formula is C13H12N4. The maximum absolute atomic E-state index is 4.55. The molecule has 2 aromatic rings. The van der Waals surface area contributed by atoms with Crippen LogP contribution in [0.15, 0.2) is 47.6 Å². The Bertz CT molecular complexity index is 536. The summed E-state index contributed by atoms with van der Waals surface area (Å²) in [6.45, 7) is 1.73. The van der Waals surface area contributed by atoms with Crippen molar-refractivity contribution in [1.29, 1.82) is 0 Å². The molecule has 0 amide bonds. The van der Waals surface area contributed by atoms with Crippen molar-refractivity contribution in [2.24, 2.45) is 4.99 Å². The van der Waals surface area contributed by atoms with E-state index in [9.17, 15) is 0 Å². The van der Waals surface area contributed by atoms with Gasteiger partial charge in [0.2, 0.25) is 0 Å². The molecule has 1 aromatic heterocycles. The van der Waals surface area contributed by atoms with E-state index in [0.717, 1.165) is 30.3 Å². The van der Waals surface area contributed by atoms with Crippen LogP contribution in [0, 0.1) is 0 Å². The first-order chi connectivity index (χ1) is 8.43. The van der Waals surface area contributed by atoms with Gasteiger partial charge < -0.3 is 4.90 Å². The van der Waals surface area contributed by atoms with E-state index in [1.54, 1.807) is 6.20 Å². The van der Waals surface area contributed by atoms with Gasteiger partial charge in [-0.15, -0.1) is 0 Å². The van der Waals surface area contributed by atoms with Crippen LogP contribution in [0.25, 0.3) is 11.4 Å². The summed E-state index contributed by atoms with van der Waals surface area (Å²) < 4.78 is 0. The lowest BCUT2D eigenvalue weighted by Gasteiger charge is -2.12. The van der Waals surface area contributed by atoms with E-state index in [0.29, 0.717) is 0 Å². The summed E-state index contributed by atoms with van der Waals surface area (Å²) in [5, 5.41) is 0. The highest BCUT2D eigenvalue weighted by atomic mass is 15.2. The Balaban J connectivity index is 1.97. The van der Waals surface area contributed by atoms with E-state index >= 15 is 0 Å². The van der Waals surface area contributed by atoms with Crippen molar-refractivity contribution in [2.45, 2.75) is 0 Å². The molecular weight excluding hydrogens is 212 g/mol. The number of anilines is 1. The van der Waals surface area contributed by atoms with Crippen LogP contribution in [-0.4, -0.2) is 29.4 Å². The van der Waals surface area contributed by atoms with Gasteiger partial charge in [0, 0.05) is 18.3 Å². The highest BCUT2D eigenvalue weighted by Gasteiger charge is 2.10. The summed E-state index contributed by atoms with van der Waals surface area (Å²) in [5.41, 5.74) is 1.03. The molecule has 3 rings (SSSR count). The van der Waals surface area contributed by atoms with Crippen molar-refractivity contribution in [2.75, 3.05) is 18.0 Å². The van der Waals surface area contributed by atoms with Crippen LogP contribution in [0.3, 0.4) is 0 Å². The fourth-order valence-electron chi connectivity index (χ4n) is 1.79. The van der Waals surface area contributed by atoms with Gasteiger partial charge >= 0.3 is 0 Å². The molecule has 1 aromatic carbocycles. The molecule has 0 spiro atoms. The Morgan fingerprint density at radius 3 is 2.71 bits per heavy atom. The molecule has 17 heavy (non-hydrogen) atoms. The van der Waals surface area contributed by atoms with Gasteiger partial charge in [-0.1, -0.05) is 30.3 Å². The Labute approximate surface area is 99.7 Å². The zero-order chi connectivity index (χ0) is 11.5. The third-order valence-electron chi connectivity index (χ3n) is 2.66. The van der Waals surface area contributed by atoms with Crippen molar-refractivity contribution in [3.63, 3.8) is 0 Å². The van der Waals surface area contributed by atoms with E-state index < -0.39 is 0 Å². The highest BCUT2D eigenvalue weighted by Crippen LogP contribution is 2.17. The number of nitrogens with zero attached hydrogens (tertiary/aromatic N) is 4. The number of hydrogen-bond donors (Lipinski definition) is 0. The lowest BCUT2D eigenvalue weighted by molar-refractivity contribution is 0.993. The molecule has 2 heterocycles. The quantitative estimate of drug-likeness (QED) is 0.783. The Morgan fingerprint density at radius 1 is 1.06 bits per heavy atom. The lowest BCUT2D eigenvalue weighted by Crippen LogP contribution is -2.19. The molecule has 1 aliphatic heterocycles. The van der Waals surface area contributed by atoms with Crippen molar-refractivity contribution in [1.82, 2.24) is 9.97 Å². The van der Waals surface area contributed by atoms with E-state index in [1.165, 1.54) is 0 Å². The Kier molecular flexibility index (Phi) is 2.54. The first-order valence-corrected chi connectivity index (χ1v) is 5.58. The van der Waals surface area contributed by atoms with E-state index in [4.69, 9.17) is 0 Å². The number of benzene rings is 1. The van der Waals surface area contributed by atoms with Crippen LogP contribution < -0.4 is 4.90 Å². The van der Waals surface area contributed by atoms with Gasteiger partial charge in [-0.25, -0.2) is 9.97 Å². The zero-order valence-corrected chi connectivity index (χ0v) is 9.32. The maximum Gasteiger partial charge on any atom is 0.161 e. The number of rotatable bonds is 2. The highest BCUT2D eigenvalue weighted by molar-refractivity contribution is 5.79. The molecule has 1 aliphatic rings. The van der Waals surface area contributed by atoms with E-state index in [-0.39, 0.29) is 0 Å². The molecule has 0 saturated heterocycles. The second-order valence-electron chi connectivity index (χ2n) is 3.82. The summed E-state index contributed by atoms with van der Waals surface area (Å²) in [6, 6.07) is 11.9. The predicted molar refractivity (Wildman–Crippen MR) is 68.2 cm³/mol. The molecule has 0 radical (unpaired) electrons. The monoisotopic (exact) mass is 224 g/mol. The van der Waals surface area contributed by atoms with Crippen molar-refractivity contribution in [3.05, 3.63) is 42.6 Å². The minimum atomic E-state index is 0.753. The van der Waals surface area contributed by atoms with Crippen molar-refractivity contribution < 1.29 is 0 Å². The average Bonchev–Trinajstić information content (AvgIpc) is 2.94.